The third-order valence-electron chi connectivity index (χ3n) is 2.56. The van der Waals surface area contributed by atoms with Gasteiger partial charge in [-0.2, -0.15) is 8.42 Å². The van der Waals surface area contributed by atoms with E-state index in [4.69, 9.17) is 4.55 Å². The van der Waals surface area contributed by atoms with Gasteiger partial charge in [0, 0.05) is 11.4 Å². The predicted molar refractivity (Wildman–Crippen MR) is 70.7 cm³/mol. The minimum Gasteiger partial charge on any atom is -0.355 e. The number of nitrogens with one attached hydrogen (secondary N) is 1. The molecule has 0 radical (unpaired) electrons. The van der Waals surface area contributed by atoms with Crippen molar-refractivity contribution in [1.82, 2.24) is 0 Å². The standard InChI is InChI=1S/C13H13NO3S/c1-10-7-8-12(18(15,16)17)9-13(10)14-11-5-3-2-4-6-11/h2-9,14H,1H3,(H,15,16,17). The molecule has 0 spiro atoms. The van der Waals surface area contributed by atoms with Crippen LogP contribution in [-0.4, -0.2) is 13.0 Å². The highest BCUT2D eigenvalue weighted by Gasteiger charge is 2.11. The van der Waals surface area contributed by atoms with Gasteiger partial charge < -0.3 is 5.32 Å². The quantitative estimate of drug-likeness (QED) is 0.835. The molecule has 0 bridgehead atoms. The van der Waals surface area contributed by atoms with Crippen molar-refractivity contribution in [2.24, 2.45) is 0 Å². The van der Waals surface area contributed by atoms with Crippen LogP contribution in [0.2, 0.25) is 0 Å². The van der Waals surface area contributed by atoms with E-state index >= 15 is 0 Å². The van der Waals surface area contributed by atoms with Crippen molar-refractivity contribution in [2.45, 2.75) is 11.8 Å². The van der Waals surface area contributed by atoms with Crippen molar-refractivity contribution in [1.29, 1.82) is 0 Å². The highest BCUT2D eigenvalue weighted by atomic mass is 32.2. The summed E-state index contributed by atoms with van der Waals surface area (Å²) in [5, 5.41) is 3.11. The van der Waals surface area contributed by atoms with Gasteiger partial charge >= 0.3 is 0 Å². The molecule has 2 N–H and O–H groups in total. The van der Waals surface area contributed by atoms with E-state index in [0.717, 1.165) is 11.3 Å². The van der Waals surface area contributed by atoms with Crippen molar-refractivity contribution in [3.63, 3.8) is 0 Å². The Kier molecular flexibility index (Phi) is 3.36. The minimum atomic E-state index is -4.17. The number of aryl methyl sites for hydroxylation is 1. The molecule has 94 valence electrons. The topological polar surface area (TPSA) is 66.4 Å². The predicted octanol–water partition coefficient (Wildman–Crippen LogP) is 2.99. The van der Waals surface area contributed by atoms with E-state index in [1.165, 1.54) is 12.1 Å². The highest BCUT2D eigenvalue weighted by molar-refractivity contribution is 7.85. The van der Waals surface area contributed by atoms with E-state index in [9.17, 15) is 8.42 Å². The number of para-hydroxylation sites is 1. The van der Waals surface area contributed by atoms with E-state index < -0.39 is 10.1 Å². The van der Waals surface area contributed by atoms with Gasteiger partial charge in [0.15, 0.2) is 0 Å². The molecule has 0 fully saturated rings. The van der Waals surface area contributed by atoms with Gasteiger partial charge in [0.05, 0.1) is 4.90 Å². The van der Waals surface area contributed by atoms with Crippen LogP contribution in [-0.2, 0) is 10.1 Å². The summed E-state index contributed by atoms with van der Waals surface area (Å²) < 4.78 is 31.2. The monoisotopic (exact) mass is 263 g/mol. The van der Waals surface area contributed by atoms with Crippen LogP contribution in [0, 0.1) is 6.92 Å². The fraction of sp³-hybridized carbons (Fsp3) is 0.0769. The lowest BCUT2D eigenvalue weighted by Crippen LogP contribution is -2.00. The molecule has 0 atom stereocenters. The fourth-order valence-corrected chi connectivity index (χ4v) is 2.08. The summed E-state index contributed by atoms with van der Waals surface area (Å²) in [4.78, 5) is -0.119. The molecule has 0 saturated carbocycles. The Balaban J connectivity index is 2.39. The molecular formula is C13H13NO3S. The van der Waals surface area contributed by atoms with E-state index in [0.29, 0.717) is 5.69 Å². The summed E-state index contributed by atoms with van der Waals surface area (Å²) in [6.07, 6.45) is 0. The molecule has 0 heterocycles. The molecule has 18 heavy (non-hydrogen) atoms. The Morgan fingerprint density at radius 1 is 1.06 bits per heavy atom. The van der Waals surface area contributed by atoms with Crippen LogP contribution in [0.3, 0.4) is 0 Å². The molecule has 0 amide bonds. The lowest BCUT2D eigenvalue weighted by atomic mass is 10.2. The molecule has 5 heteroatoms. The third-order valence-corrected chi connectivity index (χ3v) is 3.41. The average Bonchev–Trinajstić information content (AvgIpc) is 2.32. The first-order chi connectivity index (χ1) is 8.47. The second-order valence-corrected chi connectivity index (χ2v) is 5.36. The Labute approximate surface area is 106 Å². The first-order valence-corrected chi connectivity index (χ1v) is 6.81. The fourth-order valence-electron chi connectivity index (χ4n) is 1.57. The van der Waals surface area contributed by atoms with Crippen LogP contribution in [0.25, 0.3) is 0 Å². The van der Waals surface area contributed by atoms with Gasteiger partial charge in [-0.25, -0.2) is 0 Å². The molecule has 0 aliphatic carbocycles. The molecule has 0 saturated heterocycles. The van der Waals surface area contributed by atoms with Gasteiger partial charge in [-0.05, 0) is 36.8 Å². The van der Waals surface area contributed by atoms with E-state index in [1.807, 2.05) is 37.3 Å². The maximum absolute atomic E-state index is 11.1. The smallest absolute Gasteiger partial charge is 0.294 e. The summed E-state index contributed by atoms with van der Waals surface area (Å²) in [6.45, 7) is 1.86. The van der Waals surface area contributed by atoms with Crippen LogP contribution in [0.1, 0.15) is 5.56 Å². The third kappa shape index (κ3) is 2.88. The van der Waals surface area contributed by atoms with Crippen molar-refractivity contribution < 1.29 is 13.0 Å². The lowest BCUT2D eigenvalue weighted by Gasteiger charge is -2.10. The zero-order valence-corrected chi connectivity index (χ0v) is 10.6. The molecule has 2 aromatic rings. The summed E-state index contributed by atoms with van der Waals surface area (Å²) in [5.74, 6) is 0. The normalized spacial score (nSPS) is 11.2. The van der Waals surface area contributed by atoms with Crippen LogP contribution >= 0.6 is 0 Å². The molecule has 0 aromatic heterocycles. The van der Waals surface area contributed by atoms with E-state index in [-0.39, 0.29) is 4.90 Å². The van der Waals surface area contributed by atoms with Crippen molar-refractivity contribution >= 4 is 21.5 Å². The lowest BCUT2D eigenvalue weighted by molar-refractivity contribution is 0.483. The summed E-state index contributed by atoms with van der Waals surface area (Å²) in [7, 11) is -4.17. The summed E-state index contributed by atoms with van der Waals surface area (Å²) in [5.41, 5.74) is 2.40. The zero-order chi connectivity index (χ0) is 13.2. The minimum absolute atomic E-state index is 0.119. The number of hydrogen-bond donors (Lipinski definition) is 2. The molecule has 2 aromatic carbocycles. The Morgan fingerprint density at radius 2 is 1.72 bits per heavy atom. The SMILES string of the molecule is Cc1ccc(S(=O)(=O)O)cc1Nc1ccccc1. The van der Waals surface area contributed by atoms with Crippen molar-refractivity contribution in [2.75, 3.05) is 5.32 Å². The number of rotatable bonds is 3. The molecule has 2 rings (SSSR count). The maximum Gasteiger partial charge on any atom is 0.294 e. The first kappa shape index (κ1) is 12.6. The van der Waals surface area contributed by atoms with Crippen LogP contribution in [0.4, 0.5) is 11.4 Å². The van der Waals surface area contributed by atoms with Crippen molar-refractivity contribution in [3.8, 4) is 0 Å². The highest BCUT2D eigenvalue weighted by Crippen LogP contribution is 2.23. The maximum atomic E-state index is 11.1. The summed E-state index contributed by atoms with van der Waals surface area (Å²) in [6, 6.07) is 13.8. The Hall–Kier alpha value is -1.85. The Bertz CT molecular complexity index is 651. The van der Waals surface area contributed by atoms with Crippen LogP contribution < -0.4 is 5.32 Å². The second kappa shape index (κ2) is 4.80. The van der Waals surface area contributed by atoms with Gasteiger partial charge in [-0.1, -0.05) is 24.3 Å². The number of benzene rings is 2. The van der Waals surface area contributed by atoms with E-state index in [2.05, 4.69) is 5.32 Å². The molecular weight excluding hydrogens is 250 g/mol. The largest absolute Gasteiger partial charge is 0.355 e. The molecule has 0 aliphatic rings. The van der Waals surface area contributed by atoms with Gasteiger partial charge in [0.25, 0.3) is 10.1 Å². The second-order valence-electron chi connectivity index (χ2n) is 3.94. The average molecular weight is 263 g/mol. The van der Waals surface area contributed by atoms with E-state index in [1.54, 1.807) is 6.07 Å². The zero-order valence-electron chi connectivity index (χ0n) is 9.79. The van der Waals surface area contributed by atoms with Crippen LogP contribution in [0.5, 0.6) is 0 Å². The Morgan fingerprint density at radius 3 is 2.33 bits per heavy atom. The molecule has 0 aliphatic heterocycles. The van der Waals surface area contributed by atoms with Crippen LogP contribution in [0.15, 0.2) is 53.4 Å². The number of anilines is 2. The van der Waals surface area contributed by atoms with Gasteiger partial charge in [-0.3, -0.25) is 4.55 Å². The molecule has 0 unspecified atom stereocenters. The first-order valence-electron chi connectivity index (χ1n) is 5.37. The van der Waals surface area contributed by atoms with Gasteiger partial charge in [0.2, 0.25) is 0 Å². The van der Waals surface area contributed by atoms with Gasteiger partial charge in [-0.15, -0.1) is 0 Å². The summed E-state index contributed by atoms with van der Waals surface area (Å²) >= 11 is 0. The van der Waals surface area contributed by atoms with Crippen molar-refractivity contribution in [3.05, 3.63) is 54.1 Å². The molecule has 4 nitrogen and oxygen atoms in total. The van der Waals surface area contributed by atoms with Gasteiger partial charge in [0.1, 0.15) is 0 Å². The number of hydrogen-bond acceptors (Lipinski definition) is 3.